The number of likely N-dealkylation sites (tertiary alicyclic amines) is 1. The summed E-state index contributed by atoms with van der Waals surface area (Å²) in [6.45, 7) is 8.68. The van der Waals surface area contributed by atoms with Crippen LogP contribution in [0.4, 0.5) is 0 Å². The Labute approximate surface area is 130 Å². The van der Waals surface area contributed by atoms with Crippen molar-refractivity contribution in [1.82, 2.24) is 4.90 Å². The van der Waals surface area contributed by atoms with E-state index in [0.717, 1.165) is 25.3 Å². The van der Waals surface area contributed by atoms with Gasteiger partial charge in [-0.25, -0.2) is 0 Å². The topological polar surface area (TPSA) is 20.3 Å². The smallest absolute Gasteiger partial charge is 0.222 e. The molecule has 0 spiro atoms. The van der Waals surface area contributed by atoms with E-state index in [1.165, 1.54) is 38.5 Å². The van der Waals surface area contributed by atoms with Gasteiger partial charge in [-0.3, -0.25) is 4.79 Å². The number of thiol groups is 1. The maximum Gasteiger partial charge on any atom is 0.222 e. The van der Waals surface area contributed by atoms with Crippen LogP contribution in [0.15, 0.2) is 0 Å². The molecule has 0 N–H and O–H groups in total. The molecule has 0 bridgehead atoms. The fraction of sp³-hybridized carbons (Fsp3) is 0.941. The summed E-state index contributed by atoms with van der Waals surface area (Å²) in [5, 5.41) is 0. The Kier molecular flexibility index (Phi) is 5.09. The van der Waals surface area contributed by atoms with Crippen molar-refractivity contribution in [3.8, 4) is 0 Å². The molecule has 2 aliphatic rings. The lowest BCUT2D eigenvalue weighted by molar-refractivity contribution is -0.129. The molecule has 1 amide bonds. The summed E-state index contributed by atoms with van der Waals surface area (Å²) in [4.78, 5) is 14.5. The number of amides is 1. The first kappa shape index (κ1) is 16.2. The standard InChI is InChI=1S/C17H31NOS/c1-16(2,3)14-10-15(19)18(11-14)12-17(13-20)8-6-4-5-7-9-17/h14,20H,4-13H2,1-3H3. The van der Waals surface area contributed by atoms with Crippen molar-refractivity contribution in [2.24, 2.45) is 16.7 Å². The molecule has 0 radical (unpaired) electrons. The van der Waals surface area contributed by atoms with E-state index in [0.29, 0.717) is 11.8 Å². The molecular weight excluding hydrogens is 266 g/mol. The van der Waals surface area contributed by atoms with Crippen molar-refractivity contribution in [3.63, 3.8) is 0 Å². The van der Waals surface area contributed by atoms with E-state index in [9.17, 15) is 4.79 Å². The molecule has 1 heterocycles. The number of hydrogen-bond acceptors (Lipinski definition) is 2. The molecule has 1 aliphatic heterocycles. The van der Waals surface area contributed by atoms with Crippen LogP contribution in [-0.4, -0.2) is 29.6 Å². The van der Waals surface area contributed by atoms with E-state index in [-0.39, 0.29) is 10.8 Å². The minimum absolute atomic E-state index is 0.238. The Bertz CT molecular complexity index is 339. The molecule has 20 heavy (non-hydrogen) atoms. The molecule has 2 fully saturated rings. The van der Waals surface area contributed by atoms with Crippen LogP contribution in [0.2, 0.25) is 0 Å². The Morgan fingerprint density at radius 2 is 1.80 bits per heavy atom. The second-order valence-electron chi connectivity index (χ2n) is 8.11. The predicted molar refractivity (Wildman–Crippen MR) is 88.1 cm³/mol. The third-order valence-electron chi connectivity index (χ3n) is 5.47. The Morgan fingerprint density at radius 1 is 1.20 bits per heavy atom. The Balaban J connectivity index is 2.02. The number of nitrogens with zero attached hydrogens (tertiary/aromatic N) is 1. The fourth-order valence-corrected chi connectivity index (χ4v) is 4.17. The normalized spacial score (nSPS) is 27.7. The molecule has 3 heteroatoms. The highest BCUT2D eigenvalue weighted by Gasteiger charge is 2.40. The Hall–Kier alpha value is -0.180. The molecule has 0 aromatic heterocycles. The van der Waals surface area contributed by atoms with Crippen molar-refractivity contribution in [2.75, 3.05) is 18.8 Å². The van der Waals surface area contributed by atoms with Gasteiger partial charge < -0.3 is 4.90 Å². The van der Waals surface area contributed by atoms with Gasteiger partial charge in [0.2, 0.25) is 5.91 Å². The lowest BCUT2D eigenvalue weighted by Gasteiger charge is -2.36. The van der Waals surface area contributed by atoms with Crippen LogP contribution in [-0.2, 0) is 4.79 Å². The van der Waals surface area contributed by atoms with Crippen LogP contribution in [0, 0.1) is 16.7 Å². The highest BCUT2D eigenvalue weighted by molar-refractivity contribution is 7.80. The van der Waals surface area contributed by atoms with Gasteiger partial charge >= 0.3 is 0 Å². The fourth-order valence-electron chi connectivity index (χ4n) is 3.75. The largest absolute Gasteiger partial charge is 0.342 e. The van der Waals surface area contributed by atoms with Crippen LogP contribution in [0.3, 0.4) is 0 Å². The summed E-state index contributed by atoms with van der Waals surface area (Å²) in [5.74, 6) is 1.81. The zero-order chi connectivity index (χ0) is 14.8. The summed E-state index contributed by atoms with van der Waals surface area (Å²) >= 11 is 4.64. The van der Waals surface area contributed by atoms with Gasteiger partial charge in [-0.2, -0.15) is 12.6 Å². The van der Waals surface area contributed by atoms with E-state index in [1.807, 2.05) is 0 Å². The number of carbonyl (C=O) groups excluding carboxylic acids is 1. The maximum absolute atomic E-state index is 12.4. The molecule has 2 rings (SSSR count). The third kappa shape index (κ3) is 3.72. The second kappa shape index (κ2) is 6.29. The zero-order valence-corrected chi connectivity index (χ0v) is 14.3. The predicted octanol–water partition coefficient (Wildman–Crippen LogP) is 4.15. The monoisotopic (exact) mass is 297 g/mol. The molecule has 0 aromatic carbocycles. The number of carbonyl (C=O) groups is 1. The summed E-state index contributed by atoms with van der Waals surface area (Å²) in [5.41, 5.74) is 0.518. The van der Waals surface area contributed by atoms with Gasteiger partial charge in [-0.05, 0) is 35.3 Å². The summed E-state index contributed by atoms with van der Waals surface area (Å²) in [7, 11) is 0. The van der Waals surface area contributed by atoms with E-state index in [4.69, 9.17) is 0 Å². The van der Waals surface area contributed by atoms with Crippen molar-refractivity contribution in [1.29, 1.82) is 0 Å². The van der Waals surface area contributed by atoms with E-state index < -0.39 is 0 Å². The van der Waals surface area contributed by atoms with Gasteiger partial charge in [-0.15, -0.1) is 0 Å². The van der Waals surface area contributed by atoms with Crippen LogP contribution in [0.25, 0.3) is 0 Å². The SMILES string of the molecule is CC(C)(C)C1CC(=O)N(CC2(CS)CCCCCC2)C1. The lowest BCUT2D eigenvalue weighted by Crippen LogP contribution is -2.40. The van der Waals surface area contributed by atoms with Gasteiger partial charge in [0.05, 0.1) is 0 Å². The van der Waals surface area contributed by atoms with Crippen LogP contribution < -0.4 is 0 Å². The summed E-state index contributed by atoms with van der Waals surface area (Å²) in [6, 6.07) is 0. The first-order valence-corrected chi connectivity index (χ1v) is 8.88. The van der Waals surface area contributed by atoms with Crippen LogP contribution in [0.5, 0.6) is 0 Å². The van der Waals surface area contributed by atoms with Crippen LogP contribution in [0.1, 0.15) is 65.7 Å². The third-order valence-corrected chi connectivity index (χ3v) is 6.14. The first-order chi connectivity index (χ1) is 9.36. The van der Waals surface area contributed by atoms with E-state index >= 15 is 0 Å². The van der Waals surface area contributed by atoms with Gasteiger partial charge in [0.15, 0.2) is 0 Å². The van der Waals surface area contributed by atoms with Crippen LogP contribution >= 0.6 is 12.6 Å². The second-order valence-corrected chi connectivity index (χ2v) is 8.43. The summed E-state index contributed by atoms with van der Waals surface area (Å²) < 4.78 is 0. The van der Waals surface area contributed by atoms with Crippen molar-refractivity contribution in [2.45, 2.75) is 65.7 Å². The first-order valence-electron chi connectivity index (χ1n) is 8.25. The number of hydrogen-bond donors (Lipinski definition) is 1. The lowest BCUT2D eigenvalue weighted by atomic mass is 9.80. The Morgan fingerprint density at radius 3 is 2.25 bits per heavy atom. The molecule has 116 valence electrons. The van der Waals surface area contributed by atoms with Gasteiger partial charge in [0.1, 0.15) is 0 Å². The highest BCUT2D eigenvalue weighted by atomic mass is 32.1. The van der Waals surface area contributed by atoms with Gasteiger partial charge in [0.25, 0.3) is 0 Å². The maximum atomic E-state index is 12.4. The average Bonchev–Trinajstić information content (AvgIpc) is 2.62. The molecule has 1 unspecified atom stereocenters. The van der Waals surface area contributed by atoms with Gasteiger partial charge in [-0.1, -0.05) is 46.5 Å². The molecular formula is C17H31NOS. The van der Waals surface area contributed by atoms with E-state index in [2.05, 4.69) is 38.3 Å². The molecule has 1 saturated carbocycles. The molecule has 1 atom stereocenters. The summed E-state index contributed by atoms with van der Waals surface area (Å²) in [6.07, 6.45) is 8.58. The minimum Gasteiger partial charge on any atom is -0.342 e. The molecule has 0 aromatic rings. The molecule has 1 saturated heterocycles. The minimum atomic E-state index is 0.238. The van der Waals surface area contributed by atoms with Crippen molar-refractivity contribution in [3.05, 3.63) is 0 Å². The van der Waals surface area contributed by atoms with Gasteiger partial charge in [0, 0.05) is 19.5 Å². The van der Waals surface area contributed by atoms with E-state index in [1.54, 1.807) is 0 Å². The van der Waals surface area contributed by atoms with Crippen molar-refractivity contribution < 1.29 is 4.79 Å². The quantitative estimate of drug-likeness (QED) is 0.613. The zero-order valence-electron chi connectivity index (χ0n) is 13.5. The highest BCUT2D eigenvalue weighted by Crippen LogP contribution is 2.40. The van der Waals surface area contributed by atoms with Crippen molar-refractivity contribution >= 4 is 18.5 Å². The number of rotatable bonds is 3. The molecule has 1 aliphatic carbocycles. The average molecular weight is 298 g/mol. The molecule has 2 nitrogen and oxygen atoms in total.